The molecule has 0 saturated heterocycles. The van der Waals surface area contributed by atoms with Gasteiger partial charge in [-0.25, -0.2) is 0 Å². The lowest BCUT2D eigenvalue weighted by atomic mass is 10.2. The molecule has 0 fully saturated rings. The molecule has 0 atom stereocenters. The van der Waals surface area contributed by atoms with Gasteiger partial charge in [-0.05, 0) is 18.2 Å². The molecule has 104 valence electrons. The van der Waals surface area contributed by atoms with E-state index in [1.54, 1.807) is 12.1 Å². The van der Waals surface area contributed by atoms with Crippen molar-refractivity contribution >= 4 is 44.8 Å². The van der Waals surface area contributed by atoms with Gasteiger partial charge in [0.2, 0.25) is 0 Å². The van der Waals surface area contributed by atoms with Gasteiger partial charge in [-0.15, -0.1) is 0 Å². The Hall–Kier alpha value is -1.30. The van der Waals surface area contributed by atoms with Crippen molar-refractivity contribution in [2.75, 3.05) is 0 Å². The maximum atomic E-state index is 10.9. The lowest BCUT2D eigenvalue weighted by molar-refractivity contribution is -0.385. The molecule has 7 heteroatoms. The molecule has 0 aliphatic heterocycles. The number of halogens is 3. The highest BCUT2D eigenvalue weighted by molar-refractivity contribution is 9.10. The number of hydrogen-bond donors (Lipinski definition) is 0. The minimum atomic E-state index is -0.519. The molecule has 0 bridgehead atoms. The van der Waals surface area contributed by atoms with Crippen molar-refractivity contribution in [1.82, 2.24) is 0 Å². The highest BCUT2D eigenvalue weighted by Crippen LogP contribution is 2.31. The third-order valence-corrected chi connectivity index (χ3v) is 3.60. The summed E-state index contributed by atoms with van der Waals surface area (Å²) >= 11 is 15.2. The highest BCUT2D eigenvalue weighted by atomic mass is 79.9. The van der Waals surface area contributed by atoms with E-state index in [-0.39, 0.29) is 18.0 Å². The van der Waals surface area contributed by atoms with Gasteiger partial charge in [-0.2, -0.15) is 0 Å². The molecule has 2 rings (SSSR count). The molecular weight excluding hydrogens is 369 g/mol. The Morgan fingerprint density at radius 2 is 1.95 bits per heavy atom. The molecule has 0 spiro atoms. The topological polar surface area (TPSA) is 52.4 Å². The van der Waals surface area contributed by atoms with E-state index in [4.69, 9.17) is 27.9 Å². The van der Waals surface area contributed by atoms with Crippen LogP contribution in [0.5, 0.6) is 5.75 Å². The predicted molar refractivity (Wildman–Crippen MR) is 81.6 cm³/mol. The maximum Gasteiger partial charge on any atom is 0.311 e. The third-order valence-electron chi connectivity index (χ3n) is 2.52. The molecule has 4 nitrogen and oxygen atoms in total. The molecule has 0 aromatic heterocycles. The molecule has 0 amide bonds. The second kappa shape index (κ2) is 6.43. The predicted octanol–water partition coefficient (Wildman–Crippen LogP) is 5.24. The fraction of sp³-hybridized carbons (Fsp3) is 0.0769. The Balaban J connectivity index is 2.22. The fourth-order valence-corrected chi connectivity index (χ4v) is 2.44. The fourth-order valence-electron chi connectivity index (χ4n) is 1.55. The van der Waals surface area contributed by atoms with Gasteiger partial charge in [0.25, 0.3) is 0 Å². The average molecular weight is 377 g/mol. The van der Waals surface area contributed by atoms with E-state index in [9.17, 15) is 10.1 Å². The van der Waals surface area contributed by atoms with Gasteiger partial charge in [0.15, 0.2) is 5.75 Å². The Labute approximate surface area is 133 Å². The van der Waals surface area contributed by atoms with Gasteiger partial charge in [0, 0.05) is 32.2 Å². The zero-order chi connectivity index (χ0) is 14.7. The van der Waals surface area contributed by atoms with Crippen LogP contribution in [0.2, 0.25) is 10.0 Å². The van der Waals surface area contributed by atoms with E-state index in [1.165, 1.54) is 18.2 Å². The standard InChI is InChI=1S/C13H8BrCl2NO3/c14-9-2-1-8(11(16)5-9)7-20-13-6-10(15)3-4-12(13)17(18)19/h1-6H,7H2. The minimum Gasteiger partial charge on any atom is -0.482 e. The van der Waals surface area contributed by atoms with Gasteiger partial charge in [0.05, 0.1) is 4.92 Å². The van der Waals surface area contributed by atoms with E-state index < -0.39 is 4.92 Å². The second-order valence-electron chi connectivity index (χ2n) is 3.89. The van der Waals surface area contributed by atoms with E-state index in [1.807, 2.05) is 6.07 Å². The van der Waals surface area contributed by atoms with Gasteiger partial charge >= 0.3 is 5.69 Å². The van der Waals surface area contributed by atoms with Crippen LogP contribution in [-0.4, -0.2) is 4.92 Å². The Morgan fingerprint density at radius 3 is 2.60 bits per heavy atom. The summed E-state index contributed by atoms with van der Waals surface area (Å²) in [6.45, 7) is 0.118. The third kappa shape index (κ3) is 3.62. The number of benzene rings is 2. The monoisotopic (exact) mass is 375 g/mol. The number of nitro groups is 1. The number of nitrogens with zero attached hydrogens (tertiary/aromatic N) is 1. The number of nitro benzene ring substituents is 1. The van der Waals surface area contributed by atoms with Crippen LogP contribution in [0.3, 0.4) is 0 Å². The molecule has 0 radical (unpaired) electrons. The number of rotatable bonds is 4. The first-order valence-electron chi connectivity index (χ1n) is 5.48. The summed E-state index contributed by atoms with van der Waals surface area (Å²) in [4.78, 5) is 10.4. The van der Waals surface area contributed by atoms with Crippen LogP contribution in [0.1, 0.15) is 5.56 Å². The lowest BCUT2D eigenvalue weighted by Crippen LogP contribution is -1.99. The van der Waals surface area contributed by atoms with Gasteiger partial charge < -0.3 is 4.74 Å². The SMILES string of the molecule is O=[N+]([O-])c1ccc(Cl)cc1OCc1ccc(Br)cc1Cl. The van der Waals surface area contributed by atoms with Crippen molar-refractivity contribution in [2.45, 2.75) is 6.61 Å². The molecule has 0 N–H and O–H groups in total. The van der Waals surface area contributed by atoms with Crippen LogP contribution in [0.15, 0.2) is 40.9 Å². The lowest BCUT2D eigenvalue weighted by Gasteiger charge is -2.09. The Bertz CT molecular complexity index is 664. The van der Waals surface area contributed by atoms with Crippen molar-refractivity contribution in [3.8, 4) is 5.75 Å². The van der Waals surface area contributed by atoms with Crippen LogP contribution in [-0.2, 0) is 6.61 Å². The summed E-state index contributed by atoms with van der Waals surface area (Å²) in [5, 5.41) is 11.8. The summed E-state index contributed by atoms with van der Waals surface area (Å²) < 4.78 is 6.31. The largest absolute Gasteiger partial charge is 0.482 e. The van der Waals surface area contributed by atoms with Gasteiger partial charge in [-0.1, -0.05) is 45.2 Å². The first-order chi connectivity index (χ1) is 9.47. The highest BCUT2D eigenvalue weighted by Gasteiger charge is 2.15. The smallest absolute Gasteiger partial charge is 0.311 e. The summed E-state index contributed by atoms with van der Waals surface area (Å²) in [7, 11) is 0. The van der Waals surface area contributed by atoms with E-state index in [0.717, 1.165) is 10.0 Å². The first-order valence-corrected chi connectivity index (χ1v) is 7.03. The van der Waals surface area contributed by atoms with E-state index in [2.05, 4.69) is 15.9 Å². The number of ether oxygens (including phenoxy) is 1. The quantitative estimate of drug-likeness (QED) is 0.541. The molecule has 2 aromatic rings. The molecule has 0 saturated carbocycles. The van der Waals surface area contributed by atoms with Crippen molar-refractivity contribution in [3.63, 3.8) is 0 Å². The molecule has 0 unspecified atom stereocenters. The molecule has 0 aliphatic carbocycles. The zero-order valence-electron chi connectivity index (χ0n) is 9.98. The van der Waals surface area contributed by atoms with Crippen LogP contribution < -0.4 is 4.74 Å². The van der Waals surface area contributed by atoms with Crippen molar-refractivity contribution in [3.05, 3.63) is 66.6 Å². The minimum absolute atomic E-state index is 0.112. The summed E-state index contributed by atoms with van der Waals surface area (Å²) in [5.41, 5.74) is 0.590. The molecule has 2 aromatic carbocycles. The summed E-state index contributed by atoms with van der Waals surface area (Å²) in [6, 6.07) is 9.48. The maximum absolute atomic E-state index is 10.9. The molecule has 0 heterocycles. The summed E-state index contributed by atoms with van der Waals surface area (Å²) in [5.74, 6) is 0.112. The van der Waals surface area contributed by atoms with Crippen LogP contribution in [0.25, 0.3) is 0 Å². The van der Waals surface area contributed by atoms with Crippen LogP contribution in [0.4, 0.5) is 5.69 Å². The Morgan fingerprint density at radius 1 is 1.20 bits per heavy atom. The van der Waals surface area contributed by atoms with Crippen molar-refractivity contribution in [2.24, 2.45) is 0 Å². The molecule has 0 aliphatic rings. The average Bonchev–Trinajstić information content (AvgIpc) is 2.37. The van der Waals surface area contributed by atoms with Crippen molar-refractivity contribution < 1.29 is 9.66 Å². The normalized spacial score (nSPS) is 10.3. The van der Waals surface area contributed by atoms with E-state index in [0.29, 0.717) is 10.0 Å². The molecule has 20 heavy (non-hydrogen) atoms. The number of hydrogen-bond acceptors (Lipinski definition) is 3. The first kappa shape index (κ1) is 15.1. The second-order valence-corrected chi connectivity index (χ2v) is 5.65. The van der Waals surface area contributed by atoms with Crippen molar-refractivity contribution in [1.29, 1.82) is 0 Å². The van der Waals surface area contributed by atoms with Crippen LogP contribution in [0, 0.1) is 10.1 Å². The zero-order valence-corrected chi connectivity index (χ0v) is 13.1. The van der Waals surface area contributed by atoms with Crippen LogP contribution >= 0.6 is 39.1 Å². The Kier molecular flexibility index (Phi) is 4.86. The van der Waals surface area contributed by atoms with Gasteiger partial charge in [-0.3, -0.25) is 10.1 Å². The summed E-state index contributed by atoms with van der Waals surface area (Å²) in [6.07, 6.45) is 0. The molecular formula is C13H8BrCl2NO3. The van der Waals surface area contributed by atoms with Gasteiger partial charge in [0.1, 0.15) is 6.61 Å². The van der Waals surface area contributed by atoms with E-state index >= 15 is 0 Å².